The van der Waals surface area contributed by atoms with Crippen LogP contribution in [0.1, 0.15) is 94.6 Å². The average Bonchev–Trinajstić information content (AvgIpc) is 1.53. The molecule has 0 bridgehead atoms. The number of aryl methyl sites for hydroxylation is 17. The maximum Gasteiger partial charge on any atom is 0.291 e. The summed E-state index contributed by atoms with van der Waals surface area (Å²) in [6.45, 7) is 37.9. The molecule has 0 aliphatic rings. The molecule has 7 aromatic heterocycles. The van der Waals surface area contributed by atoms with Crippen molar-refractivity contribution in [3.63, 3.8) is 0 Å². The van der Waals surface area contributed by atoms with Gasteiger partial charge in [-0.05, 0) is 203 Å². The quantitative estimate of drug-likeness (QED) is 0.107. The molecule has 0 spiro atoms. The predicted molar refractivity (Wildman–Crippen MR) is 545 cm³/mol. The number of hydrogen-bond donors (Lipinski definition) is 0. The van der Waals surface area contributed by atoms with Crippen LogP contribution in [0, 0.1) is 118 Å². The maximum absolute atomic E-state index is 6.65. The molecule has 0 N–H and O–H groups in total. The van der Waals surface area contributed by atoms with Crippen LogP contribution in [-0.4, -0.2) is 53.4 Å². The Morgan fingerprint density at radius 3 is 0.945 bits per heavy atom. The number of para-hydroxylation sites is 4. The Morgan fingerprint density at radius 1 is 0.219 bits per heavy atom. The van der Waals surface area contributed by atoms with E-state index < -0.39 is 6.71 Å². The van der Waals surface area contributed by atoms with Crippen molar-refractivity contribution in [1.29, 1.82) is 0 Å². The Bertz CT molecular complexity index is 8530. The zero-order chi connectivity index (χ0) is 87.6. The minimum Gasteiger partial charge on any atom is -0.456 e. The van der Waals surface area contributed by atoms with E-state index in [4.69, 9.17) is 23.8 Å². The van der Waals surface area contributed by atoms with E-state index in [9.17, 15) is 0 Å². The van der Waals surface area contributed by atoms with Crippen molar-refractivity contribution >= 4 is 201 Å². The summed E-state index contributed by atoms with van der Waals surface area (Å²) in [6, 6.07) is 103. The van der Waals surface area contributed by atoms with Crippen LogP contribution in [0.2, 0.25) is 0 Å². The summed E-state index contributed by atoms with van der Waals surface area (Å²) in [6.07, 6.45) is 0. The fourth-order valence-corrected chi connectivity index (χ4v) is 23.6. The molecule has 0 amide bonds. The molecular formula is C116H96B3N7O2. The molecule has 23 rings (SSSR count). The van der Waals surface area contributed by atoms with E-state index >= 15 is 0 Å². The first-order chi connectivity index (χ1) is 62.0. The minimum atomic E-state index is -0.448. The third kappa shape index (κ3) is 12.0. The van der Waals surface area contributed by atoms with Gasteiger partial charge in [0.15, 0.2) is 0 Å². The first kappa shape index (κ1) is 78.3. The SMILES string of the molecule is Cc1ccc(B(c2ccc3c(c2)c2ccc4c(c5ccccc5n4-c4nc(B(c5c(C)cc(C)cc5C)c5c(C)cc(C)cc5C)nc(-n5c6ccccc6c6c5ccc5c7cc(B(c8c(C)cc(C)cc8C)c8c(C)cc(C)cc8C)ccc7n(-c7ccc8oc9ccccc9c8c7)c56)n4)c2n3-c2ccc3oc4ccccc4c3c2)c2c(C)cc(C)cc2C)c(C)c1. The van der Waals surface area contributed by atoms with Crippen molar-refractivity contribution in [2.75, 3.05) is 0 Å². The molecular weight excluding hydrogens is 1560 g/mol. The van der Waals surface area contributed by atoms with Crippen LogP contribution < -0.4 is 49.4 Å². The second-order valence-corrected chi connectivity index (χ2v) is 37.2. The minimum absolute atomic E-state index is 0.0536. The van der Waals surface area contributed by atoms with Crippen molar-refractivity contribution in [2.45, 2.75) is 118 Å². The fourth-order valence-electron chi connectivity index (χ4n) is 23.6. The Balaban J connectivity index is 0.833. The molecule has 128 heavy (non-hydrogen) atoms. The Hall–Kier alpha value is -14.5. The van der Waals surface area contributed by atoms with Crippen LogP contribution in [0.3, 0.4) is 0 Å². The van der Waals surface area contributed by atoms with Gasteiger partial charge in [0.2, 0.25) is 25.3 Å². The second-order valence-electron chi connectivity index (χ2n) is 37.2. The molecule has 0 unspecified atom stereocenters. The van der Waals surface area contributed by atoms with E-state index in [1.54, 1.807) is 0 Å². The normalized spacial score (nSPS) is 12.1. The van der Waals surface area contributed by atoms with Gasteiger partial charge in [-0.3, -0.25) is 9.13 Å². The summed E-state index contributed by atoms with van der Waals surface area (Å²) in [5, 5.41) is 13.1. The fraction of sp³-hybridized carbons (Fsp3) is 0.147. The van der Waals surface area contributed by atoms with Crippen molar-refractivity contribution < 1.29 is 8.83 Å². The predicted octanol–water partition coefficient (Wildman–Crippen LogP) is 22.9. The lowest BCUT2D eigenvalue weighted by Gasteiger charge is -2.24. The van der Waals surface area contributed by atoms with Gasteiger partial charge in [0, 0.05) is 76.0 Å². The van der Waals surface area contributed by atoms with Crippen LogP contribution in [0.15, 0.2) is 282 Å². The highest BCUT2D eigenvalue weighted by molar-refractivity contribution is 6.97. The molecule has 0 atom stereocenters. The Morgan fingerprint density at radius 2 is 0.547 bits per heavy atom. The van der Waals surface area contributed by atoms with Crippen molar-refractivity contribution in [3.8, 4) is 23.3 Å². The number of fused-ring (bicyclic) bond motifs is 20. The van der Waals surface area contributed by atoms with Gasteiger partial charge >= 0.3 is 0 Å². The van der Waals surface area contributed by atoms with Crippen LogP contribution >= 0.6 is 0 Å². The molecule has 12 heteroatoms. The maximum atomic E-state index is 6.65. The summed E-state index contributed by atoms with van der Waals surface area (Å²) in [5.41, 5.74) is 45.6. The van der Waals surface area contributed by atoms with Crippen LogP contribution in [-0.2, 0) is 0 Å². The monoisotopic (exact) mass is 1650 g/mol. The first-order valence-corrected chi connectivity index (χ1v) is 45.0. The molecule has 16 aromatic carbocycles. The molecule has 0 radical (unpaired) electrons. The lowest BCUT2D eigenvalue weighted by atomic mass is 9.34. The van der Waals surface area contributed by atoms with E-state index in [1.165, 1.54) is 138 Å². The first-order valence-electron chi connectivity index (χ1n) is 45.0. The summed E-state index contributed by atoms with van der Waals surface area (Å²) in [7, 11) is 0. The molecule has 9 nitrogen and oxygen atoms in total. The molecule has 0 aliphatic heterocycles. The highest BCUT2D eigenvalue weighted by Crippen LogP contribution is 2.46. The number of benzene rings is 16. The van der Waals surface area contributed by atoms with Gasteiger partial charge in [-0.25, -0.2) is 9.97 Å². The van der Waals surface area contributed by atoms with Gasteiger partial charge in [-0.2, -0.15) is 4.98 Å². The number of furan rings is 2. The summed E-state index contributed by atoms with van der Waals surface area (Å²) < 4.78 is 23.1. The van der Waals surface area contributed by atoms with Crippen LogP contribution in [0.5, 0.6) is 0 Å². The Kier molecular flexibility index (Phi) is 17.9. The van der Waals surface area contributed by atoms with Gasteiger partial charge in [0.25, 0.3) is 6.71 Å². The summed E-state index contributed by atoms with van der Waals surface area (Å²) in [4.78, 5) is 18.5. The van der Waals surface area contributed by atoms with E-state index in [-0.39, 0.29) is 13.4 Å². The number of aromatic nitrogens is 7. The molecule has 0 saturated carbocycles. The molecule has 0 aliphatic carbocycles. The number of nitrogens with zero attached hydrogens (tertiary/aromatic N) is 7. The molecule has 23 aromatic rings. The highest BCUT2D eigenvalue weighted by atomic mass is 16.3. The van der Waals surface area contributed by atoms with E-state index in [0.717, 1.165) is 142 Å². The summed E-state index contributed by atoms with van der Waals surface area (Å²) in [5.74, 6) is 1.01. The van der Waals surface area contributed by atoms with E-state index in [0.29, 0.717) is 17.6 Å². The third-order valence-electron chi connectivity index (χ3n) is 28.2. The third-order valence-corrected chi connectivity index (χ3v) is 28.2. The van der Waals surface area contributed by atoms with Crippen LogP contribution in [0.25, 0.3) is 154 Å². The zero-order valence-electron chi connectivity index (χ0n) is 75.7. The Labute approximate surface area is 746 Å². The van der Waals surface area contributed by atoms with Crippen molar-refractivity contribution in [2.24, 2.45) is 0 Å². The second kappa shape index (κ2) is 29.3. The van der Waals surface area contributed by atoms with Gasteiger partial charge in [0.05, 0.1) is 44.1 Å². The smallest absolute Gasteiger partial charge is 0.291 e. The van der Waals surface area contributed by atoms with Gasteiger partial charge in [-0.1, -0.05) is 326 Å². The largest absolute Gasteiger partial charge is 0.456 e. The van der Waals surface area contributed by atoms with E-state index in [1.807, 2.05) is 0 Å². The molecule has 0 fully saturated rings. The zero-order valence-corrected chi connectivity index (χ0v) is 75.7. The van der Waals surface area contributed by atoms with Crippen LogP contribution in [0.4, 0.5) is 0 Å². The lowest BCUT2D eigenvalue weighted by Crippen LogP contribution is -2.58. The van der Waals surface area contributed by atoms with Gasteiger partial charge in [0.1, 0.15) is 28.1 Å². The topological polar surface area (TPSA) is 84.7 Å². The lowest BCUT2D eigenvalue weighted by molar-refractivity contribution is 0.668. The molecule has 7 heterocycles. The highest BCUT2D eigenvalue weighted by Gasteiger charge is 2.37. The number of rotatable bonds is 13. The van der Waals surface area contributed by atoms with Crippen molar-refractivity contribution in [3.05, 3.63) is 368 Å². The van der Waals surface area contributed by atoms with Gasteiger partial charge in [-0.15, -0.1) is 0 Å². The van der Waals surface area contributed by atoms with E-state index in [2.05, 4.69) is 409 Å². The molecule has 0 saturated heterocycles. The molecule has 616 valence electrons. The van der Waals surface area contributed by atoms with Gasteiger partial charge < -0.3 is 18.0 Å². The van der Waals surface area contributed by atoms with Crippen molar-refractivity contribution in [1.82, 2.24) is 33.2 Å². The number of hydrogen-bond acceptors (Lipinski definition) is 5. The standard InChI is InChI=1S/C116H96B3N7O2/c1-63-34-41-94(69(7)48-63)117(107-70(8)49-64(2)50-71(107)9)80-35-42-97-90(59-80)86-39-44-99-105(112(86)123(97)82-37-46-103-92(61-82)84-26-20-24-32-101(84)127-103)88-28-18-22-30-95(88)125(99)115-120-114(119(110-76(14)55-67(5)56-77(110)15)111-78(16)57-68(6)58-79(111)17)121-116(122-115)126-96-31-23-19-29-89(96)106-100(126)45-40-87-91-60-81(118(108-72(10)51-65(3)52-73(108)11)109-74(12)53-66(4)54-75(109)13)36-43-98(91)124(113(87)106)83-38-47-104-93(62-83)85-27-21-25-33-102(85)128-104/h18-62H,1-17H3. The average molecular weight is 1650 g/mol. The summed E-state index contributed by atoms with van der Waals surface area (Å²) >= 11 is 0.